The van der Waals surface area contributed by atoms with Gasteiger partial charge in [-0.3, -0.25) is 0 Å². The molecule has 1 aliphatic rings. The van der Waals surface area contributed by atoms with Gasteiger partial charge in [0.05, 0.1) is 11.8 Å². The Morgan fingerprint density at radius 1 is 1.06 bits per heavy atom. The number of benzene rings is 1. The number of aromatic nitrogens is 1. The molecule has 0 aliphatic carbocycles. The van der Waals surface area contributed by atoms with E-state index in [-0.39, 0.29) is 0 Å². The molecule has 3 rings (SSSR count). The van der Waals surface area contributed by atoms with E-state index in [1.54, 1.807) is 6.20 Å². The van der Waals surface area contributed by atoms with Gasteiger partial charge in [-0.15, -0.1) is 0 Å². The van der Waals surface area contributed by atoms with E-state index in [2.05, 4.69) is 28.3 Å². The second-order valence-corrected chi connectivity index (χ2v) is 4.67. The average molecular weight is 243 g/mol. The van der Waals surface area contributed by atoms with Crippen molar-refractivity contribution in [3.8, 4) is 11.1 Å². The van der Waals surface area contributed by atoms with Crippen molar-refractivity contribution in [2.24, 2.45) is 0 Å². The van der Waals surface area contributed by atoms with E-state index in [4.69, 9.17) is 10.3 Å². The Kier molecular flexibility index (Phi) is 2.92. The lowest BCUT2D eigenvalue weighted by Gasteiger charge is -2.30. The number of para-hydroxylation sites is 1. The van der Waals surface area contributed by atoms with E-state index in [1.807, 2.05) is 6.07 Å². The van der Waals surface area contributed by atoms with E-state index in [1.165, 1.54) is 24.9 Å². The van der Waals surface area contributed by atoms with Crippen molar-refractivity contribution < 1.29 is 4.52 Å². The number of nitrogens with two attached hydrogens (primary N) is 1. The smallest absolute Gasteiger partial charge is 0.230 e. The molecule has 94 valence electrons. The molecule has 1 fully saturated rings. The Morgan fingerprint density at radius 3 is 2.56 bits per heavy atom. The minimum atomic E-state index is 0.388. The van der Waals surface area contributed by atoms with E-state index in [0.29, 0.717) is 5.88 Å². The summed E-state index contributed by atoms with van der Waals surface area (Å²) >= 11 is 0. The second kappa shape index (κ2) is 4.72. The molecule has 2 N–H and O–H groups in total. The normalized spacial score (nSPS) is 15.9. The van der Waals surface area contributed by atoms with Gasteiger partial charge in [-0.1, -0.05) is 23.4 Å². The molecule has 2 aromatic rings. The van der Waals surface area contributed by atoms with Crippen molar-refractivity contribution >= 4 is 11.6 Å². The molecule has 1 saturated heterocycles. The monoisotopic (exact) mass is 243 g/mol. The first kappa shape index (κ1) is 11.1. The van der Waals surface area contributed by atoms with Gasteiger partial charge in [-0.25, -0.2) is 0 Å². The summed E-state index contributed by atoms with van der Waals surface area (Å²) in [6.45, 7) is 2.23. The molecule has 0 bridgehead atoms. The molecule has 18 heavy (non-hydrogen) atoms. The van der Waals surface area contributed by atoms with Crippen LogP contribution in [0.4, 0.5) is 11.6 Å². The van der Waals surface area contributed by atoms with Gasteiger partial charge in [0.25, 0.3) is 0 Å². The molecule has 0 unspecified atom stereocenters. The molecule has 1 aromatic heterocycles. The zero-order valence-electron chi connectivity index (χ0n) is 10.3. The van der Waals surface area contributed by atoms with Crippen LogP contribution in [0, 0.1) is 0 Å². The van der Waals surface area contributed by atoms with Crippen molar-refractivity contribution in [3.63, 3.8) is 0 Å². The largest absolute Gasteiger partial charge is 0.371 e. The Hall–Kier alpha value is -1.97. The van der Waals surface area contributed by atoms with Crippen LogP contribution in [0.5, 0.6) is 0 Å². The van der Waals surface area contributed by atoms with E-state index in [0.717, 1.165) is 24.2 Å². The van der Waals surface area contributed by atoms with Crippen LogP contribution in [-0.2, 0) is 0 Å². The van der Waals surface area contributed by atoms with Gasteiger partial charge in [-0.2, -0.15) is 0 Å². The summed E-state index contributed by atoms with van der Waals surface area (Å²) < 4.78 is 4.97. The number of nitrogens with zero attached hydrogens (tertiary/aromatic N) is 2. The van der Waals surface area contributed by atoms with Crippen LogP contribution in [0.1, 0.15) is 19.3 Å². The quantitative estimate of drug-likeness (QED) is 0.881. The lowest BCUT2D eigenvalue weighted by atomic mass is 10.0. The first-order valence-corrected chi connectivity index (χ1v) is 6.41. The second-order valence-electron chi connectivity index (χ2n) is 4.67. The fourth-order valence-electron chi connectivity index (χ4n) is 2.56. The molecule has 0 radical (unpaired) electrons. The van der Waals surface area contributed by atoms with Crippen molar-refractivity contribution in [2.45, 2.75) is 19.3 Å². The van der Waals surface area contributed by atoms with Crippen LogP contribution in [0.15, 0.2) is 35.0 Å². The van der Waals surface area contributed by atoms with E-state index in [9.17, 15) is 0 Å². The minimum Gasteiger partial charge on any atom is -0.371 e. The fourth-order valence-corrected chi connectivity index (χ4v) is 2.56. The molecular weight excluding hydrogens is 226 g/mol. The number of anilines is 2. The van der Waals surface area contributed by atoms with Crippen LogP contribution >= 0.6 is 0 Å². The maximum absolute atomic E-state index is 5.82. The SMILES string of the molecule is Nc1oncc1-c1ccccc1N1CCCCC1. The molecule has 4 nitrogen and oxygen atoms in total. The Balaban J connectivity index is 2.02. The van der Waals surface area contributed by atoms with E-state index < -0.39 is 0 Å². The van der Waals surface area contributed by atoms with Gasteiger partial charge in [-0.05, 0) is 25.3 Å². The Labute approximate surface area is 106 Å². The predicted octanol–water partition coefficient (Wildman–Crippen LogP) is 2.91. The van der Waals surface area contributed by atoms with Crippen LogP contribution in [-0.4, -0.2) is 18.2 Å². The molecule has 4 heteroatoms. The zero-order valence-corrected chi connectivity index (χ0v) is 10.3. The number of piperidine rings is 1. The summed E-state index contributed by atoms with van der Waals surface area (Å²) in [4.78, 5) is 2.42. The minimum absolute atomic E-state index is 0.388. The number of nitrogen functional groups attached to an aromatic ring is 1. The summed E-state index contributed by atoms with van der Waals surface area (Å²) in [6.07, 6.45) is 5.53. The van der Waals surface area contributed by atoms with Gasteiger partial charge in [0.2, 0.25) is 5.88 Å². The predicted molar refractivity (Wildman–Crippen MR) is 72.4 cm³/mol. The molecule has 0 amide bonds. The van der Waals surface area contributed by atoms with Crippen molar-refractivity contribution in [1.29, 1.82) is 0 Å². The lowest BCUT2D eigenvalue weighted by Crippen LogP contribution is -2.29. The van der Waals surface area contributed by atoms with Crippen LogP contribution in [0.3, 0.4) is 0 Å². The van der Waals surface area contributed by atoms with Gasteiger partial charge in [0, 0.05) is 24.3 Å². The molecule has 1 aliphatic heterocycles. The van der Waals surface area contributed by atoms with Gasteiger partial charge in [0.15, 0.2) is 0 Å². The third-order valence-corrected chi connectivity index (χ3v) is 3.49. The molecule has 0 atom stereocenters. The van der Waals surface area contributed by atoms with Crippen molar-refractivity contribution in [1.82, 2.24) is 5.16 Å². The van der Waals surface area contributed by atoms with Crippen molar-refractivity contribution in [3.05, 3.63) is 30.5 Å². The standard InChI is InChI=1S/C14H17N3O/c15-14-12(10-16-18-14)11-6-2-3-7-13(11)17-8-4-1-5-9-17/h2-3,6-7,10H,1,4-5,8-9,15H2. The molecule has 2 heterocycles. The lowest BCUT2D eigenvalue weighted by molar-refractivity contribution is 0.436. The summed E-state index contributed by atoms with van der Waals surface area (Å²) in [5.74, 6) is 0.388. The highest BCUT2D eigenvalue weighted by molar-refractivity contribution is 5.83. The first-order valence-electron chi connectivity index (χ1n) is 6.41. The fraction of sp³-hybridized carbons (Fsp3) is 0.357. The Morgan fingerprint density at radius 2 is 1.83 bits per heavy atom. The molecule has 1 aromatic carbocycles. The average Bonchev–Trinajstić information content (AvgIpc) is 2.86. The van der Waals surface area contributed by atoms with Crippen LogP contribution in [0.2, 0.25) is 0 Å². The summed E-state index contributed by atoms with van der Waals surface area (Å²) in [5.41, 5.74) is 9.05. The van der Waals surface area contributed by atoms with Gasteiger partial charge >= 0.3 is 0 Å². The molecule has 0 spiro atoms. The molecular formula is C14H17N3O. The number of hydrogen-bond donors (Lipinski definition) is 1. The number of rotatable bonds is 2. The third kappa shape index (κ3) is 1.94. The highest BCUT2D eigenvalue weighted by atomic mass is 16.5. The van der Waals surface area contributed by atoms with Crippen molar-refractivity contribution in [2.75, 3.05) is 23.7 Å². The topological polar surface area (TPSA) is 55.3 Å². The highest BCUT2D eigenvalue weighted by Gasteiger charge is 2.17. The zero-order chi connectivity index (χ0) is 12.4. The summed E-state index contributed by atoms with van der Waals surface area (Å²) in [7, 11) is 0. The maximum atomic E-state index is 5.82. The van der Waals surface area contributed by atoms with E-state index >= 15 is 0 Å². The highest BCUT2D eigenvalue weighted by Crippen LogP contribution is 2.35. The Bertz CT molecular complexity index is 529. The van der Waals surface area contributed by atoms with Gasteiger partial charge < -0.3 is 15.2 Å². The van der Waals surface area contributed by atoms with Gasteiger partial charge in [0.1, 0.15) is 0 Å². The van der Waals surface area contributed by atoms with Crippen LogP contribution in [0.25, 0.3) is 11.1 Å². The third-order valence-electron chi connectivity index (χ3n) is 3.49. The molecule has 0 saturated carbocycles. The number of hydrogen-bond acceptors (Lipinski definition) is 4. The summed E-state index contributed by atoms with van der Waals surface area (Å²) in [6, 6.07) is 8.31. The first-order chi connectivity index (χ1) is 8.86. The van der Waals surface area contributed by atoms with Crippen LogP contribution < -0.4 is 10.6 Å². The maximum Gasteiger partial charge on any atom is 0.230 e. The summed E-state index contributed by atoms with van der Waals surface area (Å²) in [5, 5.41) is 3.77.